The van der Waals surface area contributed by atoms with E-state index in [0.29, 0.717) is 12.1 Å². The van der Waals surface area contributed by atoms with Crippen molar-refractivity contribution in [3.63, 3.8) is 0 Å². The highest BCUT2D eigenvalue weighted by Gasteiger charge is 2.31. The van der Waals surface area contributed by atoms with E-state index in [9.17, 15) is 0 Å². The van der Waals surface area contributed by atoms with Gasteiger partial charge in [-0.3, -0.25) is 4.90 Å². The summed E-state index contributed by atoms with van der Waals surface area (Å²) in [5, 5.41) is 4.26. The molecule has 2 saturated heterocycles. The lowest BCUT2D eigenvalue weighted by molar-refractivity contribution is -0.0470. The van der Waals surface area contributed by atoms with E-state index in [2.05, 4.69) is 26.1 Å². The van der Waals surface area contributed by atoms with Crippen molar-refractivity contribution < 1.29 is 4.74 Å². The molecule has 5 heteroatoms. The molecular weight excluding hydrogens is 340 g/mol. The molecule has 2 aliphatic heterocycles. The minimum Gasteiger partial charge on any atom is -0.374 e. The number of rotatable bonds is 4. The maximum Gasteiger partial charge on any atom is 0.0827 e. The molecule has 1 aromatic rings. The van der Waals surface area contributed by atoms with Gasteiger partial charge in [-0.2, -0.15) is 0 Å². The van der Waals surface area contributed by atoms with Crippen LogP contribution in [0.15, 0.2) is 22.7 Å². The fourth-order valence-electron chi connectivity index (χ4n) is 3.06. The number of nitrogens with zero attached hydrogens (tertiary/aromatic N) is 1. The van der Waals surface area contributed by atoms with Crippen LogP contribution in [0.3, 0.4) is 0 Å². The predicted octanol–water partition coefficient (Wildman–Crippen LogP) is 3.06. The van der Waals surface area contributed by atoms with E-state index in [4.69, 9.17) is 16.3 Å². The zero-order chi connectivity index (χ0) is 13.9. The first-order valence-electron chi connectivity index (χ1n) is 7.22. The highest BCUT2D eigenvalue weighted by atomic mass is 79.9. The van der Waals surface area contributed by atoms with Crippen LogP contribution in [0.4, 0.5) is 0 Å². The van der Waals surface area contributed by atoms with E-state index in [1.807, 2.05) is 18.2 Å². The SMILES string of the molecule is Clc1ccc(Br)c(CNCC2CN3CCCC3CO2)c1. The van der Waals surface area contributed by atoms with Gasteiger partial charge in [0, 0.05) is 35.2 Å². The molecule has 0 saturated carbocycles. The average molecular weight is 360 g/mol. The van der Waals surface area contributed by atoms with Gasteiger partial charge in [0.25, 0.3) is 0 Å². The average Bonchev–Trinajstić information content (AvgIpc) is 2.90. The smallest absolute Gasteiger partial charge is 0.0827 e. The first-order chi connectivity index (χ1) is 9.72. The molecule has 110 valence electrons. The van der Waals surface area contributed by atoms with Gasteiger partial charge in [-0.05, 0) is 43.1 Å². The van der Waals surface area contributed by atoms with Crippen LogP contribution >= 0.6 is 27.5 Å². The van der Waals surface area contributed by atoms with Crippen molar-refractivity contribution in [3.05, 3.63) is 33.3 Å². The summed E-state index contributed by atoms with van der Waals surface area (Å²) in [5.41, 5.74) is 1.19. The van der Waals surface area contributed by atoms with Crippen molar-refractivity contribution in [2.45, 2.75) is 31.5 Å². The summed E-state index contributed by atoms with van der Waals surface area (Å²) in [5.74, 6) is 0. The second kappa shape index (κ2) is 6.75. The van der Waals surface area contributed by atoms with Gasteiger partial charge in [-0.15, -0.1) is 0 Å². The molecule has 0 spiro atoms. The predicted molar refractivity (Wildman–Crippen MR) is 85.2 cm³/mol. The van der Waals surface area contributed by atoms with Crippen LogP contribution in [-0.4, -0.2) is 43.3 Å². The summed E-state index contributed by atoms with van der Waals surface area (Å²) in [6, 6.07) is 6.56. The summed E-state index contributed by atoms with van der Waals surface area (Å²) in [4.78, 5) is 2.57. The third-order valence-corrected chi connectivity index (χ3v) is 5.17. The number of ether oxygens (including phenoxy) is 1. The molecule has 2 aliphatic rings. The van der Waals surface area contributed by atoms with Gasteiger partial charge >= 0.3 is 0 Å². The molecule has 2 heterocycles. The van der Waals surface area contributed by atoms with E-state index >= 15 is 0 Å². The molecule has 0 aliphatic carbocycles. The highest BCUT2D eigenvalue weighted by Crippen LogP contribution is 2.23. The van der Waals surface area contributed by atoms with E-state index < -0.39 is 0 Å². The Morgan fingerprint density at radius 3 is 3.25 bits per heavy atom. The minimum absolute atomic E-state index is 0.308. The summed E-state index contributed by atoms with van der Waals surface area (Å²) >= 11 is 9.58. The first-order valence-corrected chi connectivity index (χ1v) is 8.40. The Balaban J connectivity index is 1.47. The molecule has 0 aromatic heterocycles. The van der Waals surface area contributed by atoms with Crippen molar-refractivity contribution in [2.75, 3.05) is 26.2 Å². The van der Waals surface area contributed by atoms with Gasteiger partial charge < -0.3 is 10.1 Å². The van der Waals surface area contributed by atoms with Crippen molar-refractivity contribution in [3.8, 4) is 0 Å². The third-order valence-electron chi connectivity index (χ3n) is 4.16. The quantitative estimate of drug-likeness (QED) is 0.894. The maximum atomic E-state index is 6.03. The fourth-order valence-corrected chi connectivity index (χ4v) is 3.64. The lowest BCUT2D eigenvalue weighted by Crippen LogP contribution is -2.49. The van der Waals surface area contributed by atoms with Gasteiger partial charge in [-0.25, -0.2) is 0 Å². The lowest BCUT2D eigenvalue weighted by Gasteiger charge is -2.35. The van der Waals surface area contributed by atoms with Crippen molar-refractivity contribution in [1.82, 2.24) is 10.2 Å². The van der Waals surface area contributed by atoms with Crippen molar-refractivity contribution in [1.29, 1.82) is 0 Å². The van der Waals surface area contributed by atoms with Gasteiger partial charge in [0.2, 0.25) is 0 Å². The fraction of sp³-hybridized carbons (Fsp3) is 0.600. The standard InChI is InChI=1S/C15H20BrClN2O/c16-15-4-3-12(17)6-11(15)7-18-8-14-9-19-5-1-2-13(19)10-20-14/h3-4,6,13-14,18H,1-2,5,7-10H2. The zero-order valence-corrected chi connectivity index (χ0v) is 13.8. The summed E-state index contributed by atoms with van der Waals surface area (Å²) in [6.45, 7) is 4.90. The van der Waals surface area contributed by atoms with E-state index in [0.717, 1.165) is 35.7 Å². The molecule has 3 rings (SSSR count). The molecule has 1 N–H and O–H groups in total. The normalized spacial score (nSPS) is 26.7. The number of halogens is 2. The lowest BCUT2D eigenvalue weighted by atomic mass is 10.2. The summed E-state index contributed by atoms with van der Waals surface area (Å²) in [6.07, 6.45) is 2.93. The molecule has 0 bridgehead atoms. The summed E-state index contributed by atoms with van der Waals surface area (Å²) in [7, 11) is 0. The highest BCUT2D eigenvalue weighted by molar-refractivity contribution is 9.10. The Kier molecular flexibility index (Phi) is 5.00. The van der Waals surface area contributed by atoms with E-state index in [-0.39, 0.29) is 0 Å². The van der Waals surface area contributed by atoms with Crippen LogP contribution < -0.4 is 5.32 Å². The van der Waals surface area contributed by atoms with Crippen LogP contribution in [0.1, 0.15) is 18.4 Å². The molecule has 0 radical (unpaired) electrons. The molecule has 1 aromatic carbocycles. The van der Waals surface area contributed by atoms with Crippen LogP contribution in [0.25, 0.3) is 0 Å². The number of fused-ring (bicyclic) bond motifs is 1. The summed E-state index contributed by atoms with van der Waals surface area (Å²) < 4.78 is 7.04. The second-order valence-corrected chi connectivity index (χ2v) is 6.90. The number of benzene rings is 1. The first kappa shape index (κ1) is 14.8. The Morgan fingerprint density at radius 2 is 2.35 bits per heavy atom. The zero-order valence-electron chi connectivity index (χ0n) is 11.4. The van der Waals surface area contributed by atoms with Crippen LogP contribution in [0.5, 0.6) is 0 Å². The third kappa shape index (κ3) is 3.55. The molecule has 20 heavy (non-hydrogen) atoms. The number of morpholine rings is 1. The number of hydrogen-bond acceptors (Lipinski definition) is 3. The Hall–Kier alpha value is -0.130. The Labute approximate surface area is 133 Å². The number of nitrogens with one attached hydrogen (secondary N) is 1. The molecule has 2 fully saturated rings. The Morgan fingerprint density at radius 1 is 1.45 bits per heavy atom. The van der Waals surface area contributed by atoms with Crippen LogP contribution in [-0.2, 0) is 11.3 Å². The van der Waals surface area contributed by atoms with E-state index in [1.165, 1.54) is 24.9 Å². The van der Waals surface area contributed by atoms with Crippen LogP contribution in [0, 0.1) is 0 Å². The molecule has 2 atom stereocenters. The van der Waals surface area contributed by atoms with Gasteiger partial charge in [-0.1, -0.05) is 27.5 Å². The van der Waals surface area contributed by atoms with Gasteiger partial charge in [0.05, 0.1) is 12.7 Å². The topological polar surface area (TPSA) is 24.5 Å². The van der Waals surface area contributed by atoms with Crippen molar-refractivity contribution >= 4 is 27.5 Å². The van der Waals surface area contributed by atoms with Gasteiger partial charge in [0.1, 0.15) is 0 Å². The van der Waals surface area contributed by atoms with Crippen LogP contribution in [0.2, 0.25) is 5.02 Å². The molecule has 2 unspecified atom stereocenters. The van der Waals surface area contributed by atoms with Crippen molar-refractivity contribution in [2.24, 2.45) is 0 Å². The molecular formula is C15H20BrClN2O. The minimum atomic E-state index is 0.308. The second-order valence-electron chi connectivity index (χ2n) is 5.61. The Bertz CT molecular complexity index is 471. The monoisotopic (exact) mass is 358 g/mol. The molecule has 3 nitrogen and oxygen atoms in total. The van der Waals surface area contributed by atoms with E-state index in [1.54, 1.807) is 0 Å². The molecule has 0 amide bonds. The largest absolute Gasteiger partial charge is 0.374 e. The van der Waals surface area contributed by atoms with Gasteiger partial charge in [0.15, 0.2) is 0 Å². The maximum absolute atomic E-state index is 6.03. The number of hydrogen-bond donors (Lipinski definition) is 1.